The van der Waals surface area contributed by atoms with Crippen molar-refractivity contribution in [3.63, 3.8) is 0 Å². The van der Waals surface area contributed by atoms with Gasteiger partial charge in [-0.1, -0.05) is 43.6 Å². The van der Waals surface area contributed by atoms with Gasteiger partial charge >= 0.3 is 0 Å². The summed E-state index contributed by atoms with van der Waals surface area (Å²) in [6.45, 7) is 5.80. The molecular weight excluding hydrogens is 252 g/mol. The van der Waals surface area contributed by atoms with Gasteiger partial charge in [0, 0.05) is 17.4 Å². The molecule has 1 heterocycles. The molecule has 0 spiro atoms. The lowest BCUT2D eigenvalue weighted by molar-refractivity contribution is -0.412. The summed E-state index contributed by atoms with van der Waals surface area (Å²) < 4.78 is 17.2. The van der Waals surface area contributed by atoms with E-state index in [0.29, 0.717) is 37.2 Å². The first kappa shape index (κ1) is 13.8. The lowest BCUT2D eigenvalue weighted by Gasteiger charge is -2.38. The molecule has 1 aliphatic heterocycles. The molecule has 0 radical (unpaired) electrons. The molecule has 1 saturated heterocycles. The van der Waals surface area contributed by atoms with Crippen LogP contribution in [-0.2, 0) is 20.8 Å². The fourth-order valence-electron chi connectivity index (χ4n) is 1.82. The molecule has 4 heteroatoms. The molecule has 0 aliphatic carbocycles. The minimum Gasteiger partial charge on any atom is -0.327 e. The van der Waals surface area contributed by atoms with Crippen LogP contribution in [-0.4, -0.2) is 19.2 Å². The maximum absolute atomic E-state index is 6.09. The molecule has 1 aromatic rings. The maximum Gasteiger partial charge on any atom is 0.282 e. The smallest absolute Gasteiger partial charge is 0.282 e. The zero-order chi connectivity index (χ0) is 13.0. The standard InChI is InChI=1S/C14H19ClO3/c1-3-14(16-8-11(2)9-17-14)18-10-12-6-4-5-7-13(12)15/h4-7,11H,3,8-10H2,1-2H3. The fraction of sp³-hybridized carbons (Fsp3) is 0.571. The predicted molar refractivity (Wildman–Crippen MR) is 70.3 cm³/mol. The van der Waals surface area contributed by atoms with Crippen molar-refractivity contribution >= 4 is 11.6 Å². The monoisotopic (exact) mass is 270 g/mol. The molecule has 0 N–H and O–H groups in total. The second-order valence-electron chi connectivity index (χ2n) is 4.64. The third kappa shape index (κ3) is 3.23. The summed E-state index contributed by atoms with van der Waals surface area (Å²) in [6, 6.07) is 7.63. The lowest BCUT2D eigenvalue weighted by atomic mass is 10.2. The first-order valence-corrected chi connectivity index (χ1v) is 6.68. The van der Waals surface area contributed by atoms with Crippen LogP contribution in [0.5, 0.6) is 0 Å². The SMILES string of the molecule is CCC1(OCc2ccccc2Cl)OCC(C)CO1. The number of hydrogen-bond acceptors (Lipinski definition) is 3. The Kier molecular flexibility index (Phi) is 4.62. The van der Waals surface area contributed by atoms with Crippen LogP contribution in [0.15, 0.2) is 24.3 Å². The van der Waals surface area contributed by atoms with Crippen molar-refractivity contribution in [1.29, 1.82) is 0 Å². The minimum atomic E-state index is -0.911. The molecule has 3 nitrogen and oxygen atoms in total. The third-order valence-corrected chi connectivity index (χ3v) is 3.38. The second-order valence-corrected chi connectivity index (χ2v) is 5.05. The summed E-state index contributed by atoms with van der Waals surface area (Å²) in [5, 5.41) is 0.702. The van der Waals surface area contributed by atoms with Crippen molar-refractivity contribution in [2.45, 2.75) is 32.8 Å². The summed E-state index contributed by atoms with van der Waals surface area (Å²) >= 11 is 6.09. The van der Waals surface area contributed by atoms with E-state index in [0.717, 1.165) is 5.56 Å². The normalized spacial score (nSPS) is 28.3. The highest BCUT2D eigenvalue weighted by Crippen LogP contribution is 2.28. The molecule has 0 saturated carbocycles. The van der Waals surface area contributed by atoms with Gasteiger partial charge in [-0.15, -0.1) is 0 Å². The highest BCUT2D eigenvalue weighted by atomic mass is 35.5. The highest BCUT2D eigenvalue weighted by molar-refractivity contribution is 6.31. The second kappa shape index (κ2) is 6.02. The van der Waals surface area contributed by atoms with Crippen molar-refractivity contribution in [2.24, 2.45) is 5.92 Å². The van der Waals surface area contributed by atoms with Crippen LogP contribution in [0.4, 0.5) is 0 Å². The maximum atomic E-state index is 6.09. The Balaban J connectivity index is 1.97. The number of ether oxygens (including phenoxy) is 3. The minimum absolute atomic E-state index is 0.391. The first-order chi connectivity index (χ1) is 8.65. The van der Waals surface area contributed by atoms with Gasteiger partial charge in [-0.05, 0) is 11.6 Å². The van der Waals surface area contributed by atoms with Crippen LogP contribution in [0.25, 0.3) is 0 Å². The molecular formula is C14H19ClO3. The summed E-state index contributed by atoms with van der Waals surface area (Å²) in [5.74, 6) is -0.500. The Labute approximate surface area is 113 Å². The summed E-state index contributed by atoms with van der Waals surface area (Å²) in [6.07, 6.45) is 0.657. The van der Waals surface area contributed by atoms with E-state index in [1.807, 2.05) is 31.2 Å². The fourth-order valence-corrected chi connectivity index (χ4v) is 2.01. The van der Waals surface area contributed by atoms with Gasteiger partial charge in [-0.25, -0.2) is 0 Å². The molecule has 2 rings (SSSR count). The highest BCUT2D eigenvalue weighted by Gasteiger charge is 2.36. The van der Waals surface area contributed by atoms with E-state index in [-0.39, 0.29) is 0 Å². The number of hydrogen-bond donors (Lipinski definition) is 0. The molecule has 1 aliphatic rings. The van der Waals surface area contributed by atoms with Crippen LogP contribution in [0.2, 0.25) is 5.02 Å². The van der Waals surface area contributed by atoms with Gasteiger partial charge in [-0.2, -0.15) is 0 Å². The Hall–Kier alpha value is -0.610. The van der Waals surface area contributed by atoms with Crippen LogP contribution in [0.1, 0.15) is 25.8 Å². The summed E-state index contributed by atoms with van der Waals surface area (Å²) in [5.41, 5.74) is 0.942. The molecule has 0 unspecified atom stereocenters. The summed E-state index contributed by atoms with van der Waals surface area (Å²) in [4.78, 5) is 0. The van der Waals surface area contributed by atoms with Crippen molar-refractivity contribution < 1.29 is 14.2 Å². The van der Waals surface area contributed by atoms with Crippen LogP contribution in [0.3, 0.4) is 0 Å². The number of rotatable bonds is 4. The lowest BCUT2D eigenvalue weighted by Crippen LogP contribution is -2.45. The Bertz CT molecular complexity index is 386. The van der Waals surface area contributed by atoms with E-state index in [1.165, 1.54) is 0 Å². The third-order valence-electron chi connectivity index (χ3n) is 3.01. The van der Waals surface area contributed by atoms with E-state index < -0.39 is 5.97 Å². The topological polar surface area (TPSA) is 27.7 Å². The number of halogens is 1. The molecule has 0 aromatic heterocycles. The predicted octanol–water partition coefficient (Wildman–Crippen LogP) is 3.60. The molecule has 100 valence electrons. The van der Waals surface area contributed by atoms with Crippen LogP contribution in [0, 0.1) is 5.92 Å². The van der Waals surface area contributed by atoms with Gasteiger partial charge in [-0.3, -0.25) is 0 Å². The van der Waals surface area contributed by atoms with E-state index in [9.17, 15) is 0 Å². The summed E-state index contributed by atoms with van der Waals surface area (Å²) in [7, 11) is 0. The zero-order valence-corrected chi connectivity index (χ0v) is 11.6. The first-order valence-electron chi connectivity index (χ1n) is 6.30. The average molecular weight is 271 g/mol. The molecule has 1 fully saturated rings. The Morgan fingerprint density at radius 1 is 1.33 bits per heavy atom. The van der Waals surface area contributed by atoms with E-state index in [4.69, 9.17) is 25.8 Å². The van der Waals surface area contributed by atoms with Crippen molar-refractivity contribution in [3.8, 4) is 0 Å². The average Bonchev–Trinajstić information content (AvgIpc) is 2.40. The Morgan fingerprint density at radius 3 is 2.61 bits per heavy atom. The molecule has 0 bridgehead atoms. The van der Waals surface area contributed by atoms with Gasteiger partial charge < -0.3 is 14.2 Å². The van der Waals surface area contributed by atoms with E-state index >= 15 is 0 Å². The Morgan fingerprint density at radius 2 is 2.00 bits per heavy atom. The van der Waals surface area contributed by atoms with Gasteiger partial charge in [0.15, 0.2) is 0 Å². The van der Waals surface area contributed by atoms with Gasteiger partial charge in [0.2, 0.25) is 0 Å². The molecule has 1 aromatic carbocycles. The van der Waals surface area contributed by atoms with Gasteiger partial charge in [0.05, 0.1) is 19.8 Å². The molecule has 0 atom stereocenters. The van der Waals surface area contributed by atoms with E-state index in [2.05, 4.69) is 6.92 Å². The van der Waals surface area contributed by atoms with Crippen molar-refractivity contribution in [1.82, 2.24) is 0 Å². The quantitative estimate of drug-likeness (QED) is 0.837. The van der Waals surface area contributed by atoms with Gasteiger partial charge in [0.1, 0.15) is 0 Å². The van der Waals surface area contributed by atoms with Crippen molar-refractivity contribution in [2.75, 3.05) is 13.2 Å². The molecule has 0 amide bonds. The van der Waals surface area contributed by atoms with Gasteiger partial charge in [0.25, 0.3) is 5.97 Å². The zero-order valence-electron chi connectivity index (χ0n) is 10.8. The largest absolute Gasteiger partial charge is 0.327 e. The van der Waals surface area contributed by atoms with Crippen molar-refractivity contribution in [3.05, 3.63) is 34.9 Å². The van der Waals surface area contributed by atoms with E-state index in [1.54, 1.807) is 0 Å². The molecule has 18 heavy (non-hydrogen) atoms. The van der Waals surface area contributed by atoms with Crippen LogP contribution < -0.4 is 0 Å². The van der Waals surface area contributed by atoms with Crippen LogP contribution >= 0.6 is 11.6 Å². The number of benzene rings is 1.